The Labute approximate surface area is 117 Å². The zero-order valence-electron chi connectivity index (χ0n) is 12.5. The maximum Gasteiger partial charge on any atom is 0.303 e. The van der Waals surface area contributed by atoms with E-state index in [-0.39, 0.29) is 0 Å². The summed E-state index contributed by atoms with van der Waals surface area (Å²) < 4.78 is 0. The van der Waals surface area contributed by atoms with Gasteiger partial charge in [0.25, 0.3) is 0 Å². The van der Waals surface area contributed by atoms with Crippen molar-refractivity contribution in [2.24, 2.45) is 5.92 Å². The standard InChI is InChI=1S/C16H29NO2/c1-3-4-5-6-12(2)17-14-7-8-15(17)10-13(9-14)11-16(18)19/h12-15H,3-11H2,1-2H3,(H,18,19). The van der Waals surface area contributed by atoms with Crippen LogP contribution in [0.2, 0.25) is 0 Å². The van der Waals surface area contributed by atoms with E-state index in [0.29, 0.717) is 30.5 Å². The predicted molar refractivity (Wildman–Crippen MR) is 77.2 cm³/mol. The normalized spacial score (nSPS) is 32.4. The number of rotatable bonds is 7. The highest BCUT2D eigenvalue weighted by molar-refractivity contribution is 5.67. The van der Waals surface area contributed by atoms with Gasteiger partial charge in [-0.1, -0.05) is 26.2 Å². The molecule has 3 unspecified atom stereocenters. The van der Waals surface area contributed by atoms with Crippen molar-refractivity contribution in [2.45, 2.75) is 89.8 Å². The summed E-state index contributed by atoms with van der Waals surface area (Å²) in [6.45, 7) is 4.63. The van der Waals surface area contributed by atoms with Gasteiger partial charge in [-0.05, 0) is 44.9 Å². The average molecular weight is 267 g/mol. The molecule has 0 aromatic heterocycles. The summed E-state index contributed by atoms with van der Waals surface area (Å²) in [5, 5.41) is 8.96. The molecule has 2 aliphatic rings. The third-order valence-corrected chi connectivity index (χ3v) is 5.08. The Bertz CT molecular complexity index is 291. The first-order chi connectivity index (χ1) is 9.11. The first-order valence-corrected chi connectivity index (χ1v) is 8.11. The number of hydrogen-bond donors (Lipinski definition) is 1. The van der Waals surface area contributed by atoms with Gasteiger partial charge in [0.05, 0.1) is 0 Å². The minimum atomic E-state index is -0.617. The minimum absolute atomic E-state index is 0.380. The van der Waals surface area contributed by atoms with Gasteiger partial charge < -0.3 is 5.11 Å². The van der Waals surface area contributed by atoms with Crippen LogP contribution in [0.25, 0.3) is 0 Å². The van der Waals surface area contributed by atoms with Crippen molar-refractivity contribution in [3.63, 3.8) is 0 Å². The van der Waals surface area contributed by atoms with Crippen LogP contribution in [0.4, 0.5) is 0 Å². The average Bonchev–Trinajstić information content (AvgIpc) is 2.61. The van der Waals surface area contributed by atoms with Crippen LogP contribution in [-0.2, 0) is 4.79 Å². The molecule has 0 aromatic rings. The largest absolute Gasteiger partial charge is 0.481 e. The van der Waals surface area contributed by atoms with Crippen LogP contribution < -0.4 is 0 Å². The SMILES string of the molecule is CCCCCC(C)N1C2CCC1CC(CC(=O)O)C2. The van der Waals surface area contributed by atoms with E-state index in [9.17, 15) is 4.79 Å². The molecule has 2 bridgehead atoms. The molecular weight excluding hydrogens is 238 g/mol. The van der Waals surface area contributed by atoms with E-state index in [1.807, 2.05) is 0 Å². The van der Waals surface area contributed by atoms with Crippen LogP contribution in [0.1, 0.15) is 71.6 Å². The van der Waals surface area contributed by atoms with Crippen LogP contribution in [0.15, 0.2) is 0 Å². The molecule has 0 spiro atoms. The number of hydrogen-bond acceptors (Lipinski definition) is 2. The van der Waals surface area contributed by atoms with Crippen molar-refractivity contribution in [3.8, 4) is 0 Å². The second-order valence-electron chi connectivity index (χ2n) is 6.61. The summed E-state index contributed by atoms with van der Waals surface area (Å²) in [5.41, 5.74) is 0. The van der Waals surface area contributed by atoms with E-state index >= 15 is 0 Å². The molecule has 2 aliphatic heterocycles. The lowest BCUT2D eigenvalue weighted by molar-refractivity contribution is -0.138. The molecule has 0 radical (unpaired) electrons. The van der Waals surface area contributed by atoms with Gasteiger partial charge in [-0.25, -0.2) is 0 Å². The summed E-state index contributed by atoms with van der Waals surface area (Å²) in [5.74, 6) is -0.192. The molecule has 0 aliphatic carbocycles. The summed E-state index contributed by atoms with van der Waals surface area (Å²) in [6, 6.07) is 2.02. The highest BCUT2D eigenvalue weighted by atomic mass is 16.4. The highest BCUT2D eigenvalue weighted by Crippen LogP contribution is 2.41. The number of piperidine rings is 1. The zero-order chi connectivity index (χ0) is 13.8. The lowest BCUT2D eigenvalue weighted by atomic mass is 9.87. The number of fused-ring (bicyclic) bond motifs is 2. The van der Waals surface area contributed by atoms with E-state index in [1.165, 1.54) is 38.5 Å². The first kappa shape index (κ1) is 14.8. The smallest absolute Gasteiger partial charge is 0.303 e. The number of aliphatic carboxylic acids is 1. The quantitative estimate of drug-likeness (QED) is 0.715. The van der Waals surface area contributed by atoms with E-state index in [2.05, 4.69) is 18.7 Å². The summed E-state index contributed by atoms with van der Waals surface area (Å²) in [6.07, 6.45) is 10.5. The molecule has 0 saturated carbocycles. The Morgan fingerprint density at radius 1 is 1.26 bits per heavy atom. The van der Waals surface area contributed by atoms with Crippen molar-refractivity contribution in [1.82, 2.24) is 4.90 Å². The lowest BCUT2D eigenvalue weighted by Crippen LogP contribution is -2.48. The van der Waals surface area contributed by atoms with Crippen molar-refractivity contribution < 1.29 is 9.90 Å². The Balaban J connectivity index is 1.86. The fourth-order valence-electron chi connectivity index (χ4n) is 4.30. The molecule has 0 aromatic carbocycles. The molecule has 1 N–H and O–H groups in total. The topological polar surface area (TPSA) is 40.5 Å². The van der Waals surface area contributed by atoms with E-state index in [0.717, 1.165) is 12.8 Å². The van der Waals surface area contributed by atoms with Crippen LogP contribution in [0, 0.1) is 5.92 Å². The number of carbonyl (C=O) groups is 1. The number of nitrogens with zero attached hydrogens (tertiary/aromatic N) is 1. The third-order valence-electron chi connectivity index (χ3n) is 5.08. The van der Waals surface area contributed by atoms with Crippen molar-refractivity contribution in [1.29, 1.82) is 0 Å². The molecule has 0 amide bonds. The van der Waals surface area contributed by atoms with Gasteiger partial charge in [0.2, 0.25) is 0 Å². The second-order valence-corrected chi connectivity index (χ2v) is 6.61. The summed E-state index contributed by atoms with van der Waals surface area (Å²) in [4.78, 5) is 13.6. The van der Waals surface area contributed by atoms with Crippen LogP contribution in [-0.4, -0.2) is 34.1 Å². The monoisotopic (exact) mass is 267 g/mol. The number of carboxylic acids is 1. The van der Waals surface area contributed by atoms with E-state index in [4.69, 9.17) is 5.11 Å². The first-order valence-electron chi connectivity index (χ1n) is 8.11. The fourth-order valence-corrected chi connectivity index (χ4v) is 4.30. The van der Waals surface area contributed by atoms with E-state index < -0.39 is 5.97 Å². The highest BCUT2D eigenvalue weighted by Gasteiger charge is 2.42. The molecular formula is C16H29NO2. The molecule has 19 heavy (non-hydrogen) atoms. The number of carboxylic acid groups (broad SMARTS) is 1. The summed E-state index contributed by atoms with van der Waals surface area (Å²) >= 11 is 0. The maximum absolute atomic E-state index is 10.9. The molecule has 3 atom stereocenters. The van der Waals surface area contributed by atoms with Gasteiger partial charge in [-0.3, -0.25) is 9.69 Å². The van der Waals surface area contributed by atoms with Crippen molar-refractivity contribution in [2.75, 3.05) is 0 Å². The Hall–Kier alpha value is -0.570. The third kappa shape index (κ3) is 3.71. The predicted octanol–water partition coefficient (Wildman–Crippen LogP) is 3.67. The van der Waals surface area contributed by atoms with E-state index in [1.54, 1.807) is 0 Å². The summed E-state index contributed by atoms with van der Waals surface area (Å²) in [7, 11) is 0. The fraction of sp³-hybridized carbons (Fsp3) is 0.938. The molecule has 3 heteroatoms. The maximum atomic E-state index is 10.9. The molecule has 2 rings (SSSR count). The van der Waals surface area contributed by atoms with Gasteiger partial charge >= 0.3 is 5.97 Å². The van der Waals surface area contributed by atoms with Gasteiger partial charge in [0.15, 0.2) is 0 Å². The minimum Gasteiger partial charge on any atom is -0.481 e. The number of unbranched alkanes of at least 4 members (excludes halogenated alkanes) is 2. The second kappa shape index (κ2) is 6.74. The lowest BCUT2D eigenvalue weighted by Gasteiger charge is -2.42. The molecule has 3 nitrogen and oxygen atoms in total. The Kier molecular flexibility index (Phi) is 5.26. The van der Waals surface area contributed by atoms with Crippen LogP contribution in [0.5, 0.6) is 0 Å². The molecule has 2 heterocycles. The molecule has 2 fully saturated rings. The Morgan fingerprint density at radius 2 is 1.89 bits per heavy atom. The molecule has 110 valence electrons. The Morgan fingerprint density at radius 3 is 2.42 bits per heavy atom. The molecule has 2 saturated heterocycles. The van der Waals surface area contributed by atoms with Gasteiger partial charge in [0.1, 0.15) is 0 Å². The van der Waals surface area contributed by atoms with Gasteiger partial charge in [0, 0.05) is 24.5 Å². The van der Waals surface area contributed by atoms with Crippen molar-refractivity contribution in [3.05, 3.63) is 0 Å². The van der Waals surface area contributed by atoms with Crippen molar-refractivity contribution >= 4 is 5.97 Å². The van der Waals surface area contributed by atoms with Crippen LogP contribution >= 0.6 is 0 Å². The van der Waals surface area contributed by atoms with Crippen LogP contribution in [0.3, 0.4) is 0 Å². The van der Waals surface area contributed by atoms with Gasteiger partial charge in [-0.15, -0.1) is 0 Å². The zero-order valence-corrected chi connectivity index (χ0v) is 12.5. The van der Waals surface area contributed by atoms with Gasteiger partial charge in [-0.2, -0.15) is 0 Å².